The summed E-state index contributed by atoms with van der Waals surface area (Å²) in [6.07, 6.45) is 9.35. The summed E-state index contributed by atoms with van der Waals surface area (Å²) in [7, 11) is 3.37. The number of aromatic amines is 1. The van der Waals surface area contributed by atoms with E-state index in [2.05, 4.69) is 51.5 Å². The zero-order valence-corrected chi connectivity index (χ0v) is 21.0. The number of nitrogens with one attached hydrogen (secondary N) is 1. The van der Waals surface area contributed by atoms with E-state index in [-0.39, 0.29) is 0 Å². The monoisotopic (exact) mass is 491 g/mol. The van der Waals surface area contributed by atoms with E-state index in [0.717, 1.165) is 65.7 Å². The van der Waals surface area contributed by atoms with E-state index in [1.807, 2.05) is 53.3 Å². The molecule has 1 aliphatic heterocycles. The van der Waals surface area contributed by atoms with Crippen molar-refractivity contribution in [1.82, 2.24) is 24.6 Å². The Morgan fingerprint density at radius 1 is 0.973 bits per heavy atom. The molecule has 0 aliphatic carbocycles. The topological polar surface area (TPSA) is 68.2 Å². The maximum absolute atomic E-state index is 5.71. The Bertz CT molecular complexity index is 1570. The summed E-state index contributed by atoms with van der Waals surface area (Å²) >= 11 is 0. The first-order valence-corrected chi connectivity index (χ1v) is 12.4. The minimum absolute atomic E-state index is 0.772. The van der Waals surface area contributed by atoms with E-state index in [0.29, 0.717) is 0 Å². The van der Waals surface area contributed by atoms with Gasteiger partial charge in [0, 0.05) is 60.3 Å². The molecular weight excluding hydrogens is 462 g/mol. The molecule has 2 aromatic carbocycles. The van der Waals surface area contributed by atoms with E-state index in [1.165, 1.54) is 16.5 Å². The maximum atomic E-state index is 5.71. The lowest BCUT2D eigenvalue weighted by Gasteiger charge is -2.26. The van der Waals surface area contributed by atoms with Crippen LogP contribution in [0.4, 0.5) is 0 Å². The fourth-order valence-electron chi connectivity index (χ4n) is 5.03. The highest BCUT2D eigenvalue weighted by Gasteiger charge is 2.21. The van der Waals surface area contributed by atoms with Gasteiger partial charge in [-0.25, -0.2) is 9.67 Å². The molecule has 4 heterocycles. The second-order valence-electron chi connectivity index (χ2n) is 9.17. The zero-order valence-electron chi connectivity index (χ0n) is 21.0. The van der Waals surface area contributed by atoms with Crippen molar-refractivity contribution in [3.8, 4) is 28.4 Å². The number of benzene rings is 2. The first-order chi connectivity index (χ1) is 18.2. The Morgan fingerprint density at radius 3 is 2.65 bits per heavy atom. The fraction of sp³-hybridized carbons (Fsp3) is 0.200. The third-order valence-electron chi connectivity index (χ3n) is 6.96. The van der Waals surface area contributed by atoms with Crippen LogP contribution in [0.1, 0.15) is 17.5 Å². The molecule has 7 heteroatoms. The van der Waals surface area contributed by atoms with Crippen LogP contribution in [0.2, 0.25) is 0 Å². The predicted octanol–water partition coefficient (Wildman–Crippen LogP) is 5.72. The van der Waals surface area contributed by atoms with Crippen LogP contribution in [-0.2, 0) is 6.54 Å². The number of para-hydroxylation sites is 1. The molecule has 5 aromatic rings. The normalized spacial score (nSPS) is 14.1. The quantitative estimate of drug-likeness (QED) is 0.315. The van der Waals surface area contributed by atoms with Crippen molar-refractivity contribution in [1.29, 1.82) is 0 Å². The van der Waals surface area contributed by atoms with Crippen molar-refractivity contribution < 1.29 is 9.47 Å². The minimum Gasteiger partial charge on any atom is -0.497 e. The molecule has 0 saturated carbocycles. The summed E-state index contributed by atoms with van der Waals surface area (Å²) in [6.45, 7) is 2.61. The van der Waals surface area contributed by atoms with Gasteiger partial charge in [-0.2, -0.15) is 5.10 Å². The smallest absolute Gasteiger partial charge is 0.137 e. The van der Waals surface area contributed by atoms with Crippen LogP contribution in [0.3, 0.4) is 0 Å². The molecule has 37 heavy (non-hydrogen) atoms. The zero-order chi connectivity index (χ0) is 25.2. The van der Waals surface area contributed by atoms with Crippen LogP contribution < -0.4 is 9.47 Å². The van der Waals surface area contributed by atoms with Gasteiger partial charge in [-0.3, -0.25) is 4.90 Å². The standard InChI is InChI=1S/C30H29N5O2/c1-36-24-10-11-28(37-2)26(17-24)29-22(20-35(33-29)23-7-4-3-5-8-23)19-34-15-12-21(13-16-34)27-18-32-30-25(27)9-6-14-31-30/h3-12,14,17-18,20H,13,15-16,19H2,1-2H3,(H,31,32). The van der Waals surface area contributed by atoms with Gasteiger partial charge in [-0.1, -0.05) is 24.3 Å². The first-order valence-electron chi connectivity index (χ1n) is 12.4. The van der Waals surface area contributed by atoms with E-state index in [4.69, 9.17) is 14.6 Å². The number of rotatable bonds is 7. The molecule has 6 rings (SSSR count). The van der Waals surface area contributed by atoms with E-state index in [1.54, 1.807) is 14.2 Å². The molecule has 7 nitrogen and oxygen atoms in total. The highest BCUT2D eigenvalue weighted by molar-refractivity contribution is 5.90. The first kappa shape index (κ1) is 23.1. The van der Waals surface area contributed by atoms with Gasteiger partial charge < -0.3 is 14.5 Å². The summed E-state index contributed by atoms with van der Waals surface area (Å²) < 4.78 is 13.2. The average Bonchev–Trinajstić information content (AvgIpc) is 3.58. The van der Waals surface area contributed by atoms with Crippen molar-refractivity contribution >= 4 is 16.6 Å². The Morgan fingerprint density at radius 2 is 1.86 bits per heavy atom. The van der Waals surface area contributed by atoms with Crippen LogP contribution in [0, 0.1) is 0 Å². The molecule has 0 bridgehead atoms. The van der Waals surface area contributed by atoms with Gasteiger partial charge in [-0.05, 0) is 54.5 Å². The Hall–Kier alpha value is -4.36. The second kappa shape index (κ2) is 9.95. The summed E-state index contributed by atoms with van der Waals surface area (Å²) in [5.41, 5.74) is 7.54. The van der Waals surface area contributed by atoms with Crippen LogP contribution in [0.25, 0.3) is 33.6 Å². The SMILES string of the molecule is COc1ccc(OC)c(-c2nn(-c3ccccc3)cc2CN2CC=C(c3c[nH]c4ncccc34)CC2)c1. The molecule has 0 amide bonds. The fourth-order valence-corrected chi connectivity index (χ4v) is 5.03. The summed E-state index contributed by atoms with van der Waals surface area (Å²) in [4.78, 5) is 10.2. The molecule has 0 atom stereocenters. The number of fused-ring (bicyclic) bond motifs is 1. The van der Waals surface area contributed by atoms with Gasteiger partial charge in [0.05, 0.1) is 19.9 Å². The minimum atomic E-state index is 0.772. The molecule has 3 aromatic heterocycles. The maximum Gasteiger partial charge on any atom is 0.137 e. The predicted molar refractivity (Wildman–Crippen MR) is 146 cm³/mol. The van der Waals surface area contributed by atoms with Gasteiger partial charge in [0.15, 0.2) is 0 Å². The van der Waals surface area contributed by atoms with Gasteiger partial charge in [-0.15, -0.1) is 0 Å². The van der Waals surface area contributed by atoms with Crippen molar-refractivity contribution in [3.63, 3.8) is 0 Å². The third-order valence-corrected chi connectivity index (χ3v) is 6.96. The summed E-state index contributed by atoms with van der Waals surface area (Å²) in [5, 5.41) is 6.20. The highest BCUT2D eigenvalue weighted by Crippen LogP contribution is 2.36. The molecule has 0 spiro atoms. The Balaban J connectivity index is 1.32. The molecule has 0 saturated heterocycles. The third kappa shape index (κ3) is 4.49. The average molecular weight is 492 g/mol. The number of hydrogen-bond donors (Lipinski definition) is 1. The number of nitrogens with zero attached hydrogens (tertiary/aromatic N) is 4. The molecule has 1 N–H and O–H groups in total. The van der Waals surface area contributed by atoms with Gasteiger partial charge in [0.1, 0.15) is 22.8 Å². The lowest BCUT2D eigenvalue weighted by molar-refractivity contribution is 0.294. The summed E-state index contributed by atoms with van der Waals surface area (Å²) in [6, 6.07) is 20.2. The highest BCUT2D eigenvalue weighted by atomic mass is 16.5. The van der Waals surface area contributed by atoms with Crippen LogP contribution in [0.15, 0.2) is 85.3 Å². The summed E-state index contributed by atoms with van der Waals surface area (Å²) in [5.74, 6) is 1.55. The Kier molecular flexibility index (Phi) is 6.20. The molecule has 186 valence electrons. The Labute approximate surface area is 216 Å². The van der Waals surface area contributed by atoms with Crippen molar-refractivity contribution in [2.24, 2.45) is 0 Å². The van der Waals surface area contributed by atoms with Crippen LogP contribution in [-0.4, -0.2) is 52.0 Å². The van der Waals surface area contributed by atoms with Crippen LogP contribution in [0.5, 0.6) is 11.5 Å². The van der Waals surface area contributed by atoms with Crippen molar-refractivity contribution in [3.05, 3.63) is 96.5 Å². The molecule has 0 radical (unpaired) electrons. The van der Waals surface area contributed by atoms with E-state index in [9.17, 15) is 0 Å². The molecular formula is C30H29N5O2. The van der Waals surface area contributed by atoms with E-state index < -0.39 is 0 Å². The molecule has 0 unspecified atom stereocenters. The molecule has 0 fully saturated rings. The van der Waals surface area contributed by atoms with Crippen LogP contribution >= 0.6 is 0 Å². The number of pyridine rings is 1. The van der Waals surface area contributed by atoms with Gasteiger partial charge in [0.25, 0.3) is 0 Å². The number of methoxy groups -OCH3 is 2. The van der Waals surface area contributed by atoms with Crippen molar-refractivity contribution in [2.75, 3.05) is 27.3 Å². The lowest BCUT2D eigenvalue weighted by atomic mass is 9.99. The largest absolute Gasteiger partial charge is 0.497 e. The van der Waals surface area contributed by atoms with Gasteiger partial charge in [0.2, 0.25) is 0 Å². The molecule has 1 aliphatic rings. The lowest BCUT2D eigenvalue weighted by Crippen LogP contribution is -2.28. The second-order valence-corrected chi connectivity index (χ2v) is 9.17. The number of aromatic nitrogens is 4. The van der Waals surface area contributed by atoms with Gasteiger partial charge >= 0.3 is 0 Å². The van der Waals surface area contributed by atoms with Crippen molar-refractivity contribution in [2.45, 2.75) is 13.0 Å². The number of H-pyrrole nitrogens is 1. The number of ether oxygens (including phenoxy) is 2. The van der Waals surface area contributed by atoms with E-state index >= 15 is 0 Å². The number of hydrogen-bond acceptors (Lipinski definition) is 5.